The first-order chi connectivity index (χ1) is 7.90. The fourth-order valence-electron chi connectivity index (χ4n) is 2.03. The summed E-state index contributed by atoms with van der Waals surface area (Å²) < 4.78 is 5.60. The van der Waals surface area contributed by atoms with Crippen molar-refractivity contribution in [3.63, 3.8) is 0 Å². The van der Waals surface area contributed by atoms with Crippen molar-refractivity contribution in [3.8, 4) is 0 Å². The lowest BCUT2D eigenvalue weighted by Gasteiger charge is -2.05. The molecule has 0 amide bonds. The van der Waals surface area contributed by atoms with E-state index in [1.165, 1.54) is 18.4 Å². The molecule has 1 saturated carbocycles. The van der Waals surface area contributed by atoms with Gasteiger partial charge >= 0.3 is 0 Å². The molecular formula is C14H21NO. The van der Waals surface area contributed by atoms with Gasteiger partial charge in [-0.05, 0) is 17.9 Å². The molecule has 88 valence electrons. The van der Waals surface area contributed by atoms with E-state index in [0.29, 0.717) is 0 Å². The molecule has 1 aromatic carbocycles. The van der Waals surface area contributed by atoms with E-state index in [1.54, 1.807) is 0 Å². The highest BCUT2D eigenvalue weighted by molar-refractivity contribution is 5.13. The van der Waals surface area contributed by atoms with Crippen molar-refractivity contribution in [2.45, 2.75) is 32.4 Å². The Balaban J connectivity index is 1.50. The van der Waals surface area contributed by atoms with Gasteiger partial charge in [0.1, 0.15) is 0 Å². The molecule has 1 N–H and O–H groups in total. The van der Waals surface area contributed by atoms with Crippen LogP contribution in [-0.4, -0.2) is 19.2 Å². The average molecular weight is 219 g/mol. The third kappa shape index (κ3) is 3.62. The van der Waals surface area contributed by atoms with Crippen molar-refractivity contribution in [2.24, 2.45) is 5.92 Å². The van der Waals surface area contributed by atoms with Crippen LogP contribution in [0.3, 0.4) is 0 Å². The van der Waals surface area contributed by atoms with Gasteiger partial charge < -0.3 is 10.1 Å². The van der Waals surface area contributed by atoms with Gasteiger partial charge in [-0.25, -0.2) is 0 Å². The minimum Gasteiger partial charge on any atom is -0.375 e. The summed E-state index contributed by atoms with van der Waals surface area (Å²) in [4.78, 5) is 0. The standard InChI is InChI=1S/C14H21NO/c1-2-13-10-14(13)15-8-9-16-11-12-6-4-3-5-7-12/h3-7,13-15H,2,8-11H2,1H3. The van der Waals surface area contributed by atoms with Crippen LogP contribution in [0.2, 0.25) is 0 Å². The van der Waals surface area contributed by atoms with Crippen LogP contribution in [0.15, 0.2) is 30.3 Å². The first-order valence-corrected chi connectivity index (χ1v) is 6.25. The van der Waals surface area contributed by atoms with Crippen LogP contribution in [-0.2, 0) is 11.3 Å². The van der Waals surface area contributed by atoms with Crippen molar-refractivity contribution in [2.75, 3.05) is 13.2 Å². The van der Waals surface area contributed by atoms with E-state index in [0.717, 1.165) is 31.7 Å². The van der Waals surface area contributed by atoms with Crippen molar-refractivity contribution in [1.82, 2.24) is 5.32 Å². The van der Waals surface area contributed by atoms with E-state index in [4.69, 9.17) is 4.74 Å². The smallest absolute Gasteiger partial charge is 0.0717 e. The summed E-state index contributed by atoms with van der Waals surface area (Å²) in [5.74, 6) is 0.925. The van der Waals surface area contributed by atoms with Gasteiger partial charge in [0, 0.05) is 12.6 Å². The molecule has 0 aromatic heterocycles. The van der Waals surface area contributed by atoms with E-state index < -0.39 is 0 Å². The SMILES string of the molecule is CCC1CC1NCCOCc1ccccc1. The van der Waals surface area contributed by atoms with Gasteiger partial charge in [-0.3, -0.25) is 0 Å². The summed E-state index contributed by atoms with van der Waals surface area (Å²) in [6.45, 7) is 4.78. The van der Waals surface area contributed by atoms with E-state index in [1.807, 2.05) is 18.2 Å². The fraction of sp³-hybridized carbons (Fsp3) is 0.571. The Labute approximate surface area is 98.0 Å². The molecule has 0 heterocycles. The van der Waals surface area contributed by atoms with Crippen LogP contribution in [0.4, 0.5) is 0 Å². The Morgan fingerprint density at radius 3 is 2.81 bits per heavy atom. The average Bonchev–Trinajstić information content (AvgIpc) is 3.09. The van der Waals surface area contributed by atoms with Crippen LogP contribution in [0, 0.1) is 5.92 Å². The minimum atomic E-state index is 0.727. The van der Waals surface area contributed by atoms with Gasteiger partial charge in [0.05, 0.1) is 13.2 Å². The zero-order chi connectivity index (χ0) is 11.2. The number of nitrogens with one attached hydrogen (secondary N) is 1. The molecule has 1 aromatic rings. The number of hydrogen-bond donors (Lipinski definition) is 1. The fourth-order valence-corrected chi connectivity index (χ4v) is 2.03. The van der Waals surface area contributed by atoms with Crippen LogP contribution >= 0.6 is 0 Å². The second-order valence-corrected chi connectivity index (χ2v) is 4.50. The Morgan fingerprint density at radius 2 is 2.12 bits per heavy atom. The lowest BCUT2D eigenvalue weighted by molar-refractivity contribution is 0.122. The Kier molecular flexibility index (Phi) is 4.37. The first-order valence-electron chi connectivity index (χ1n) is 6.25. The summed E-state index contributed by atoms with van der Waals surface area (Å²) in [6.07, 6.45) is 2.66. The maximum atomic E-state index is 5.60. The quantitative estimate of drug-likeness (QED) is 0.712. The third-order valence-electron chi connectivity index (χ3n) is 3.21. The molecule has 2 rings (SSSR count). The highest BCUT2D eigenvalue weighted by atomic mass is 16.5. The zero-order valence-corrected chi connectivity index (χ0v) is 9.99. The molecule has 0 saturated heterocycles. The predicted octanol–water partition coefficient (Wildman–Crippen LogP) is 2.59. The van der Waals surface area contributed by atoms with E-state index in [-0.39, 0.29) is 0 Å². The zero-order valence-electron chi connectivity index (χ0n) is 9.99. The van der Waals surface area contributed by atoms with Gasteiger partial charge in [-0.1, -0.05) is 43.7 Å². The van der Waals surface area contributed by atoms with Crippen molar-refractivity contribution >= 4 is 0 Å². The maximum Gasteiger partial charge on any atom is 0.0717 e. The molecule has 1 aliphatic carbocycles. The molecule has 2 atom stereocenters. The summed E-state index contributed by atoms with van der Waals surface area (Å²) in [7, 11) is 0. The highest BCUT2D eigenvalue weighted by Gasteiger charge is 2.34. The molecule has 0 aliphatic heterocycles. The Hall–Kier alpha value is -0.860. The van der Waals surface area contributed by atoms with E-state index >= 15 is 0 Å². The molecule has 2 nitrogen and oxygen atoms in total. The Bertz CT molecular complexity index is 299. The van der Waals surface area contributed by atoms with Gasteiger partial charge in [-0.15, -0.1) is 0 Å². The van der Waals surface area contributed by atoms with Gasteiger partial charge in [0.2, 0.25) is 0 Å². The highest BCUT2D eigenvalue weighted by Crippen LogP contribution is 2.32. The monoisotopic (exact) mass is 219 g/mol. The molecule has 16 heavy (non-hydrogen) atoms. The van der Waals surface area contributed by atoms with Gasteiger partial charge in [-0.2, -0.15) is 0 Å². The van der Waals surface area contributed by atoms with Crippen molar-refractivity contribution in [3.05, 3.63) is 35.9 Å². The molecule has 2 heteroatoms. The summed E-state index contributed by atoms with van der Waals surface area (Å²) in [5, 5.41) is 3.52. The third-order valence-corrected chi connectivity index (χ3v) is 3.21. The first kappa shape index (κ1) is 11.6. The largest absolute Gasteiger partial charge is 0.375 e. The molecular weight excluding hydrogens is 198 g/mol. The molecule has 0 spiro atoms. The van der Waals surface area contributed by atoms with Gasteiger partial charge in [0.15, 0.2) is 0 Å². The molecule has 1 fully saturated rings. The van der Waals surface area contributed by atoms with Crippen molar-refractivity contribution < 1.29 is 4.74 Å². The summed E-state index contributed by atoms with van der Waals surface area (Å²) >= 11 is 0. The number of benzene rings is 1. The van der Waals surface area contributed by atoms with Crippen LogP contribution < -0.4 is 5.32 Å². The lowest BCUT2D eigenvalue weighted by atomic mass is 10.2. The molecule has 2 unspecified atom stereocenters. The van der Waals surface area contributed by atoms with Crippen LogP contribution in [0.25, 0.3) is 0 Å². The second kappa shape index (κ2) is 6.02. The summed E-state index contributed by atoms with van der Waals surface area (Å²) in [5.41, 5.74) is 1.25. The maximum absolute atomic E-state index is 5.60. The second-order valence-electron chi connectivity index (χ2n) is 4.50. The van der Waals surface area contributed by atoms with E-state index in [9.17, 15) is 0 Å². The lowest BCUT2D eigenvalue weighted by Crippen LogP contribution is -2.23. The van der Waals surface area contributed by atoms with Crippen LogP contribution in [0.5, 0.6) is 0 Å². The minimum absolute atomic E-state index is 0.727. The number of hydrogen-bond acceptors (Lipinski definition) is 2. The molecule has 0 bridgehead atoms. The summed E-state index contributed by atoms with van der Waals surface area (Å²) in [6, 6.07) is 11.1. The predicted molar refractivity (Wildman–Crippen MR) is 66.3 cm³/mol. The van der Waals surface area contributed by atoms with Crippen LogP contribution in [0.1, 0.15) is 25.3 Å². The van der Waals surface area contributed by atoms with Gasteiger partial charge in [0.25, 0.3) is 0 Å². The molecule has 1 aliphatic rings. The molecule has 0 radical (unpaired) electrons. The Morgan fingerprint density at radius 1 is 1.31 bits per heavy atom. The van der Waals surface area contributed by atoms with E-state index in [2.05, 4.69) is 24.4 Å². The van der Waals surface area contributed by atoms with Crippen molar-refractivity contribution in [1.29, 1.82) is 0 Å². The topological polar surface area (TPSA) is 21.3 Å². The number of ether oxygens (including phenoxy) is 1. The number of rotatable bonds is 7. The normalized spacial score (nSPS) is 23.3.